The SMILES string of the molecule is COCC1(C(=O)Nc2cccc(NC(=O)C(C)n3cccn3)c2)CCNCC1.Cl. The van der Waals surface area contributed by atoms with Gasteiger partial charge in [0, 0.05) is 30.9 Å². The first kappa shape index (κ1) is 22.9. The number of benzene rings is 1. The normalized spacial score (nSPS) is 16.3. The van der Waals surface area contributed by atoms with E-state index in [2.05, 4.69) is 21.0 Å². The molecule has 8 nitrogen and oxygen atoms in total. The molecule has 0 saturated carbocycles. The number of hydrogen-bond acceptors (Lipinski definition) is 5. The lowest BCUT2D eigenvalue weighted by Crippen LogP contribution is -2.47. The highest BCUT2D eigenvalue weighted by Gasteiger charge is 2.39. The van der Waals surface area contributed by atoms with Gasteiger partial charge in [0.25, 0.3) is 0 Å². The highest BCUT2D eigenvalue weighted by atomic mass is 35.5. The van der Waals surface area contributed by atoms with E-state index in [4.69, 9.17) is 4.74 Å². The van der Waals surface area contributed by atoms with E-state index >= 15 is 0 Å². The number of ether oxygens (including phenoxy) is 1. The number of piperidine rings is 1. The molecule has 2 heterocycles. The molecule has 158 valence electrons. The molecular weight excluding hydrogens is 394 g/mol. The fraction of sp³-hybridized carbons (Fsp3) is 0.450. The smallest absolute Gasteiger partial charge is 0.248 e. The molecule has 1 unspecified atom stereocenters. The Balaban J connectivity index is 0.00000300. The van der Waals surface area contributed by atoms with Crippen molar-refractivity contribution in [3.05, 3.63) is 42.7 Å². The molecule has 1 aliphatic rings. The van der Waals surface area contributed by atoms with Crippen molar-refractivity contribution in [3.8, 4) is 0 Å². The molecule has 9 heteroatoms. The Bertz CT molecular complexity index is 801. The summed E-state index contributed by atoms with van der Waals surface area (Å²) in [6, 6.07) is 8.50. The minimum atomic E-state index is -0.534. The predicted octanol–water partition coefficient (Wildman–Crippen LogP) is 2.46. The minimum Gasteiger partial charge on any atom is -0.384 e. The second-order valence-corrected chi connectivity index (χ2v) is 7.15. The molecule has 1 saturated heterocycles. The van der Waals surface area contributed by atoms with Gasteiger partial charge >= 0.3 is 0 Å². The first-order chi connectivity index (χ1) is 13.5. The fourth-order valence-corrected chi connectivity index (χ4v) is 3.43. The molecule has 0 radical (unpaired) electrons. The number of nitrogens with zero attached hydrogens (tertiary/aromatic N) is 2. The standard InChI is InChI=1S/C20H27N5O3.ClH/c1-15(25-12-4-9-22-25)18(26)23-16-5-3-6-17(13-16)24-19(27)20(14-28-2)7-10-21-11-8-20;/h3-6,9,12-13,15,21H,7-8,10-11,14H2,1-2H3,(H,23,26)(H,24,27);1H. The molecule has 2 aromatic rings. The fourth-order valence-electron chi connectivity index (χ4n) is 3.43. The van der Waals surface area contributed by atoms with E-state index in [1.807, 2.05) is 6.07 Å². The van der Waals surface area contributed by atoms with E-state index in [1.165, 1.54) is 0 Å². The lowest BCUT2D eigenvalue weighted by Gasteiger charge is -2.35. The quantitative estimate of drug-likeness (QED) is 0.638. The average Bonchev–Trinajstić information content (AvgIpc) is 3.23. The van der Waals surface area contributed by atoms with Gasteiger partial charge in [-0.2, -0.15) is 5.10 Å². The van der Waals surface area contributed by atoms with Crippen LogP contribution < -0.4 is 16.0 Å². The van der Waals surface area contributed by atoms with E-state index in [-0.39, 0.29) is 24.2 Å². The monoisotopic (exact) mass is 421 g/mol. The zero-order valence-electron chi connectivity index (χ0n) is 16.7. The van der Waals surface area contributed by atoms with Gasteiger partial charge in [-0.25, -0.2) is 0 Å². The summed E-state index contributed by atoms with van der Waals surface area (Å²) in [5, 5.41) is 13.2. The third-order valence-corrected chi connectivity index (χ3v) is 5.15. The molecule has 1 aromatic heterocycles. The number of carbonyl (C=O) groups excluding carboxylic acids is 2. The number of amides is 2. The van der Waals surface area contributed by atoms with Gasteiger partial charge in [-0.1, -0.05) is 6.07 Å². The van der Waals surface area contributed by atoms with Crippen molar-refractivity contribution in [2.45, 2.75) is 25.8 Å². The molecule has 3 N–H and O–H groups in total. The summed E-state index contributed by atoms with van der Waals surface area (Å²) in [5.74, 6) is -0.231. The van der Waals surface area contributed by atoms with Gasteiger partial charge in [0.1, 0.15) is 6.04 Å². The van der Waals surface area contributed by atoms with Crippen LogP contribution in [0, 0.1) is 5.41 Å². The Morgan fingerprint density at radius 3 is 2.55 bits per heavy atom. The zero-order chi connectivity index (χ0) is 20.0. The van der Waals surface area contributed by atoms with Gasteiger partial charge in [-0.3, -0.25) is 14.3 Å². The number of carbonyl (C=O) groups is 2. The first-order valence-corrected chi connectivity index (χ1v) is 9.45. The van der Waals surface area contributed by atoms with Gasteiger partial charge in [-0.05, 0) is 57.1 Å². The molecule has 1 aromatic carbocycles. The number of nitrogens with one attached hydrogen (secondary N) is 3. The topological polar surface area (TPSA) is 97.3 Å². The van der Waals surface area contributed by atoms with Crippen molar-refractivity contribution in [1.82, 2.24) is 15.1 Å². The molecule has 0 aliphatic carbocycles. The Labute approximate surface area is 176 Å². The second-order valence-electron chi connectivity index (χ2n) is 7.15. The number of methoxy groups -OCH3 is 1. The predicted molar refractivity (Wildman–Crippen MR) is 114 cm³/mol. The van der Waals surface area contributed by atoms with Crippen molar-refractivity contribution >= 4 is 35.6 Å². The Morgan fingerprint density at radius 1 is 1.24 bits per heavy atom. The van der Waals surface area contributed by atoms with E-state index in [0.717, 1.165) is 25.9 Å². The summed E-state index contributed by atoms with van der Waals surface area (Å²) in [6.45, 7) is 3.74. The van der Waals surface area contributed by atoms with E-state index in [9.17, 15) is 9.59 Å². The largest absolute Gasteiger partial charge is 0.384 e. The Morgan fingerprint density at radius 2 is 1.93 bits per heavy atom. The number of aromatic nitrogens is 2. The summed E-state index contributed by atoms with van der Waals surface area (Å²) in [6.07, 6.45) is 4.83. The van der Waals surface area contributed by atoms with Crippen LogP contribution in [0.1, 0.15) is 25.8 Å². The number of rotatable bonds is 7. The van der Waals surface area contributed by atoms with Crippen LogP contribution in [-0.2, 0) is 14.3 Å². The molecule has 0 spiro atoms. The second kappa shape index (κ2) is 10.4. The van der Waals surface area contributed by atoms with Gasteiger partial charge < -0.3 is 20.7 Å². The van der Waals surface area contributed by atoms with Crippen molar-refractivity contribution < 1.29 is 14.3 Å². The van der Waals surface area contributed by atoms with E-state index < -0.39 is 11.5 Å². The molecule has 3 rings (SSSR count). The Kier molecular flexibility index (Phi) is 8.19. The van der Waals surface area contributed by atoms with Crippen LogP contribution in [0.2, 0.25) is 0 Å². The molecule has 0 bridgehead atoms. The van der Waals surface area contributed by atoms with Crippen molar-refractivity contribution in [2.24, 2.45) is 5.41 Å². The summed E-state index contributed by atoms with van der Waals surface area (Å²) < 4.78 is 6.92. The van der Waals surface area contributed by atoms with Crippen LogP contribution in [0.5, 0.6) is 0 Å². The molecule has 1 atom stereocenters. The van der Waals surface area contributed by atoms with Gasteiger partial charge in [0.2, 0.25) is 11.8 Å². The molecule has 1 fully saturated rings. The molecule has 1 aliphatic heterocycles. The van der Waals surface area contributed by atoms with Crippen LogP contribution >= 0.6 is 12.4 Å². The maximum Gasteiger partial charge on any atom is 0.248 e. The highest BCUT2D eigenvalue weighted by Crippen LogP contribution is 2.31. The number of hydrogen-bond donors (Lipinski definition) is 3. The summed E-state index contributed by atoms with van der Waals surface area (Å²) >= 11 is 0. The third kappa shape index (κ3) is 5.56. The molecule has 29 heavy (non-hydrogen) atoms. The van der Waals surface area contributed by atoms with E-state index in [0.29, 0.717) is 18.0 Å². The molecular formula is C20H28ClN5O3. The van der Waals surface area contributed by atoms with Crippen molar-refractivity contribution in [3.63, 3.8) is 0 Å². The summed E-state index contributed by atoms with van der Waals surface area (Å²) in [4.78, 5) is 25.4. The third-order valence-electron chi connectivity index (χ3n) is 5.15. The lowest BCUT2D eigenvalue weighted by molar-refractivity contribution is -0.130. The van der Waals surface area contributed by atoms with Crippen molar-refractivity contribution in [1.29, 1.82) is 0 Å². The zero-order valence-corrected chi connectivity index (χ0v) is 17.5. The number of anilines is 2. The van der Waals surface area contributed by atoms with Crippen molar-refractivity contribution in [2.75, 3.05) is 37.4 Å². The molecule has 2 amide bonds. The average molecular weight is 422 g/mol. The number of halogens is 1. The van der Waals surface area contributed by atoms with E-state index in [1.54, 1.807) is 55.4 Å². The maximum atomic E-state index is 13.0. The first-order valence-electron chi connectivity index (χ1n) is 9.45. The van der Waals surface area contributed by atoms with Crippen LogP contribution in [0.25, 0.3) is 0 Å². The van der Waals surface area contributed by atoms with Gasteiger partial charge in [0.15, 0.2) is 0 Å². The van der Waals surface area contributed by atoms with Crippen LogP contribution in [0.15, 0.2) is 42.7 Å². The van der Waals surface area contributed by atoms with Crippen LogP contribution in [0.3, 0.4) is 0 Å². The van der Waals surface area contributed by atoms with Crippen LogP contribution in [0.4, 0.5) is 11.4 Å². The summed E-state index contributed by atoms with van der Waals surface area (Å²) in [7, 11) is 1.62. The maximum absolute atomic E-state index is 13.0. The van der Waals surface area contributed by atoms with Gasteiger partial charge in [0.05, 0.1) is 12.0 Å². The highest BCUT2D eigenvalue weighted by molar-refractivity contribution is 5.97. The van der Waals surface area contributed by atoms with Crippen LogP contribution in [-0.4, -0.2) is 48.4 Å². The Hall–Kier alpha value is -2.42. The lowest BCUT2D eigenvalue weighted by atomic mass is 9.78. The minimum absolute atomic E-state index is 0. The summed E-state index contributed by atoms with van der Waals surface area (Å²) in [5.41, 5.74) is 0.727. The van der Waals surface area contributed by atoms with Gasteiger partial charge in [-0.15, -0.1) is 12.4 Å².